The molecule has 0 bridgehead atoms. The lowest BCUT2D eigenvalue weighted by Crippen LogP contribution is -2.37. The van der Waals surface area contributed by atoms with E-state index in [-0.39, 0.29) is 6.54 Å². The average Bonchev–Trinajstić information content (AvgIpc) is 2.17. The monoisotopic (exact) mass is 227 g/mol. The number of carbonyl (C=O) groups is 2. The van der Waals surface area contributed by atoms with Crippen molar-refractivity contribution in [2.24, 2.45) is 5.41 Å². The van der Waals surface area contributed by atoms with Crippen LogP contribution in [-0.2, 0) is 14.3 Å². The lowest BCUT2D eigenvalue weighted by atomic mass is 9.97. The molecule has 4 nitrogen and oxygen atoms in total. The molecule has 0 aliphatic carbocycles. The molecule has 0 aromatic heterocycles. The van der Waals surface area contributed by atoms with Gasteiger partial charge in [-0.2, -0.15) is 0 Å². The summed E-state index contributed by atoms with van der Waals surface area (Å²) in [7, 11) is 0. The Hall–Kier alpha value is -0.900. The normalized spacial score (nSPS) is 18.2. The van der Waals surface area contributed by atoms with Crippen LogP contribution in [0.3, 0.4) is 0 Å². The van der Waals surface area contributed by atoms with E-state index in [9.17, 15) is 9.59 Å². The highest BCUT2D eigenvalue weighted by molar-refractivity contribution is 5.89. The molecule has 1 fully saturated rings. The Balaban J connectivity index is 2.32. The Morgan fingerprint density at radius 1 is 1.12 bits per heavy atom. The van der Waals surface area contributed by atoms with Crippen LogP contribution in [0.1, 0.15) is 40.0 Å². The maximum atomic E-state index is 11.5. The van der Waals surface area contributed by atoms with Crippen molar-refractivity contribution in [3.05, 3.63) is 0 Å². The fraction of sp³-hybridized carbons (Fsp3) is 0.833. The second kappa shape index (κ2) is 5.43. The minimum absolute atomic E-state index is 0.238. The fourth-order valence-electron chi connectivity index (χ4n) is 1.59. The zero-order chi connectivity index (χ0) is 12.2. The van der Waals surface area contributed by atoms with Crippen molar-refractivity contribution in [3.63, 3.8) is 0 Å². The largest absolute Gasteiger partial charge is 0.392 e. The Bertz CT molecular complexity index is 262. The first-order valence-corrected chi connectivity index (χ1v) is 5.87. The minimum Gasteiger partial charge on any atom is -0.392 e. The number of hydrogen-bond acceptors (Lipinski definition) is 4. The van der Waals surface area contributed by atoms with Crippen molar-refractivity contribution in [1.82, 2.24) is 4.90 Å². The predicted molar refractivity (Wildman–Crippen MR) is 60.8 cm³/mol. The van der Waals surface area contributed by atoms with Crippen molar-refractivity contribution >= 4 is 11.9 Å². The van der Waals surface area contributed by atoms with Crippen molar-refractivity contribution in [1.29, 1.82) is 0 Å². The number of nitrogens with zero attached hydrogens (tertiary/aromatic N) is 1. The minimum atomic E-state index is -0.614. The molecule has 0 unspecified atom stereocenters. The molecule has 1 saturated heterocycles. The van der Waals surface area contributed by atoms with E-state index in [1.54, 1.807) is 20.8 Å². The van der Waals surface area contributed by atoms with Gasteiger partial charge in [0.25, 0.3) is 0 Å². The first-order chi connectivity index (χ1) is 7.39. The summed E-state index contributed by atoms with van der Waals surface area (Å²) < 4.78 is 4.80. The smallest absolute Gasteiger partial charge is 0.327 e. The molecule has 0 aromatic rings. The maximum Gasteiger partial charge on any atom is 0.327 e. The molecule has 4 heteroatoms. The third kappa shape index (κ3) is 4.31. The molecule has 1 aliphatic heterocycles. The van der Waals surface area contributed by atoms with Crippen LogP contribution in [0.2, 0.25) is 0 Å². The van der Waals surface area contributed by atoms with Crippen LogP contribution in [0.15, 0.2) is 0 Å². The van der Waals surface area contributed by atoms with Crippen molar-refractivity contribution in [2.45, 2.75) is 40.0 Å². The van der Waals surface area contributed by atoms with Crippen LogP contribution in [0.5, 0.6) is 0 Å². The molecule has 0 aromatic carbocycles. The summed E-state index contributed by atoms with van der Waals surface area (Å²) >= 11 is 0. The SMILES string of the molecule is CC(C)(C)C(=O)OC(=O)CN1CCCCC1. The Kier molecular flexibility index (Phi) is 4.47. The number of ether oxygens (including phenoxy) is 1. The van der Waals surface area contributed by atoms with Gasteiger partial charge < -0.3 is 4.74 Å². The van der Waals surface area contributed by atoms with Gasteiger partial charge in [0.2, 0.25) is 0 Å². The van der Waals surface area contributed by atoms with Crippen molar-refractivity contribution in [3.8, 4) is 0 Å². The highest BCUT2D eigenvalue weighted by atomic mass is 16.6. The topological polar surface area (TPSA) is 46.6 Å². The molecule has 16 heavy (non-hydrogen) atoms. The first-order valence-electron chi connectivity index (χ1n) is 5.87. The second-order valence-corrected chi connectivity index (χ2v) is 5.35. The van der Waals surface area contributed by atoms with Gasteiger partial charge in [0.05, 0.1) is 12.0 Å². The van der Waals surface area contributed by atoms with Crippen LogP contribution >= 0.6 is 0 Å². The van der Waals surface area contributed by atoms with E-state index in [0.717, 1.165) is 25.9 Å². The summed E-state index contributed by atoms with van der Waals surface area (Å²) in [6, 6.07) is 0. The van der Waals surface area contributed by atoms with E-state index in [4.69, 9.17) is 4.74 Å². The van der Waals surface area contributed by atoms with E-state index in [1.165, 1.54) is 6.42 Å². The van der Waals surface area contributed by atoms with Gasteiger partial charge in [0, 0.05) is 0 Å². The standard InChI is InChI=1S/C12H21NO3/c1-12(2,3)11(15)16-10(14)9-13-7-5-4-6-8-13/h4-9H2,1-3H3. The van der Waals surface area contributed by atoms with Gasteiger partial charge in [-0.05, 0) is 46.7 Å². The Labute approximate surface area is 96.9 Å². The van der Waals surface area contributed by atoms with Gasteiger partial charge >= 0.3 is 11.9 Å². The summed E-state index contributed by atoms with van der Waals surface area (Å²) in [5.74, 6) is -0.878. The number of hydrogen-bond donors (Lipinski definition) is 0. The molecule has 1 rings (SSSR count). The van der Waals surface area contributed by atoms with Crippen LogP contribution < -0.4 is 0 Å². The van der Waals surface area contributed by atoms with E-state index < -0.39 is 17.4 Å². The molecule has 1 aliphatic rings. The number of rotatable bonds is 2. The van der Waals surface area contributed by atoms with Gasteiger partial charge in [0.1, 0.15) is 0 Å². The first kappa shape index (κ1) is 13.2. The van der Waals surface area contributed by atoms with E-state index in [0.29, 0.717) is 0 Å². The van der Waals surface area contributed by atoms with Crippen molar-refractivity contribution in [2.75, 3.05) is 19.6 Å². The molecule has 0 spiro atoms. The van der Waals surface area contributed by atoms with E-state index in [1.807, 2.05) is 4.90 Å². The Morgan fingerprint density at radius 2 is 1.69 bits per heavy atom. The summed E-state index contributed by atoms with van der Waals surface area (Å²) in [5.41, 5.74) is -0.614. The zero-order valence-corrected chi connectivity index (χ0v) is 10.4. The third-order valence-electron chi connectivity index (χ3n) is 2.62. The third-order valence-corrected chi connectivity index (χ3v) is 2.62. The molecule has 0 saturated carbocycles. The molecular weight excluding hydrogens is 206 g/mol. The van der Waals surface area contributed by atoms with Gasteiger partial charge in [-0.15, -0.1) is 0 Å². The van der Waals surface area contributed by atoms with Crippen LogP contribution in [-0.4, -0.2) is 36.5 Å². The summed E-state index contributed by atoms with van der Waals surface area (Å²) in [5, 5.41) is 0. The lowest BCUT2D eigenvalue weighted by Gasteiger charge is -2.25. The fourth-order valence-corrected chi connectivity index (χ4v) is 1.59. The van der Waals surface area contributed by atoms with E-state index >= 15 is 0 Å². The summed E-state index contributed by atoms with van der Waals surface area (Å²) in [6.45, 7) is 7.32. The van der Waals surface area contributed by atoms with Gasteiger partial charge in [-0.3, -0.25) is 14.5 Å². The van der Waals surface area contributed by atoms with Crippen LogP contribution in [0, 0.1) is 5.41 Å². The highest BCUT2D eigenvalue weighted by Gasteiger charge is 2.26. The van der Waals surface area contributed by atoms with Crippen LogP contribution in [0.25, 0.3) is 0 Å². The number of carbonyl (C=O) groups excluding carboxylic acids is 2. The molecular formula is C12H21NO3. The quantitative estimate of drug-likeness (QED) is 0.531. The zero-order valence-electron chi connectivity index (χ0n) is 10.4. The van der Waals surface area contributed by atoms with E-state index in [2.05, 4.69) is 0 Å². The van der Waals surface area contributed by atoms with Gasteiger partial charge in [-0.1, -0.05) is 6.42 Å². The molecule has 0 amide bonds. The molecule has 1 heterocycles. The molecule has 0 atom stereocenters. The molecule has 0 N–H and O–H groups in total. The average molecular weight is 227 g/mol. The van der Waals surface area contributed by atoms with Gasteiger partial charge in [-0.25, -0.2) is 0 Å². The van der Waals surface area contributed by atoms with Crippen LogP contribution in [0.4, 0.5) is 0 Å². The molecule has 92 valence electrons. The highest BCUT2D eigenvalue weighted by Crippen LogP contribution is 2.15. The maximum absolute atomic E-state index is 11.5. The molecule has 0 radical (unpaired) electrons. The van der Waals surface area contributed by atoms with Gasteiger partial charge in [0.15, 0.2) is 0 Å². The number of piperidine rings is 1. The van der Waals surface area contributed by atoms with Crippen molar-refractivity contribution < 1.29 is 14.3 Å². The lowest BCUT2D eigenvalue weighted by molar-refractivity contribution is -0.166. The number of likely N-dealkylation sites (tertiary alicyclic amines) is 1. The summed E-state index contributed by atoms with van der Waals surface area (Å²) in [4.78, 5) is 25.0. The Morgan fingerprint density at radius 3 is 2.19 bits per heavy atom. The second-order valence-electron chi connectivity index (χ2n) is 5.35. The number of esters is 2. The summed E-state index contributed by atoms with van der Waals surface area (Å²) in [6.07, 6.45) is 3.48. The predicted octanol–water partition coefficient (Wildman–Crippen LogP) is 1.59.